The maximum atomic E-state index is 14.2. The molecule has 33 heavy (non-hydrogen) atoms. The van der Waals surface area contributed by atoms with Crippen molar-refractivity contribution in [1.82, 2.24) is 14.5 Å². The summed E-state index contributed by atoms with van der Waals surface area (Å²) in [5.41, 5.74) is -0.0102. The first kappa shape index (κ1) is 22.7. The predicted molar refractivity (Wildman–Crippen MR) is 128 cm³/mol. The van der Waals surface area contributed by atoms with Crippen LogP contribution < -0.4 is 16.6 Å². The van der Waals surface area contributed by atoms with Crippen molar-refractivity contribution < 1.29 is 9.18 Å². The van der Waals surface area contributed by atoms with Crippen molar-refractivity contribution in [2.45, 2.75) is 38.9 Å². The lowest BCUT2D eigenvalue weighted by Crippen LogP contribution is -2.40. The Labute approximate surface area is 193 Å². The molecule has 0 bridgehead atoms. The zero-order valence-corrected chi connectivity index (χ0v) is 18.8. The van der Waals surface area contributed by atoms with Gasteiger partial charge in [0.1, 0.15) is 5.82 Å². The SMILES string of the molecule is O=C(CCCCn1c(=O)c2ccccc2n(Cc2ccccc2F)c1=O)NCc1cccs1. The van der Waals surface area contributed by atoms with E-state index in [9.17, 15) is 18.8 Å². The number of halogens is 1. The van der Waals surface area contributed by atoms with Gasteiger partial charge in [0.2, 0.25) is 5.91 Å². The number of para-hydroxylation sites is 1. The Kier molecular flexibility index (Phi) is 7.14. The molecule has 2 aromatic carbocycles. The highest BCUT2D eigenvalue weighted by atomic mass is 32.1. The minimum absolute atomic E-state index is 0.0252. The topological polar surface area (TPSA) is 73.1 Å². The summed E-state index contributed by atoms with van der Waals surface area (Å²) >= 11 is 1.58. The van der Waals surface area contributed by atoms with Gasteiger partial charge >= 0.3 is 5.69 Å². The summed E-state index contributed by atoms with van der Waals surface area (Å²) < 4.78 is 16.9. The number of carbonyl (C=O) groups is 1. The molecule has 0 aliphatic carbocycles. The minimum atomic E-state index is -0.482. The number of unbranched alkanes of at least 4 members (excludes halogenated alkanes) is 1. The smallest absolute Gasteiger partial charge is 0.331 e. The van der Waals surface area contributed by atoms with Crippen LogP contribution in [0.5, 0.6) is 0 Å². The standard InChI is InChI=1S/C25H24FN3O3S/c26-21-11-3-1-8-18(21)17-29-22-12-4-2-10-20(22)24(31)28(25(29)32)14-6-5-13-23(30)27-16-19-9-7-15-33-19/h1-4,7-12,15H,5-6,13-14,16-17H2,(H,27,30). The first-order valence-electron chi connectivity index (χ1n) is 10.8. The molecule has 0 aliphatic heterocycles. The van der Waals surface area contributed by atoms with Crippen molar-refractivity contribution in [2.75, 3.05) is 0 Å². The molecule has 1 N–H and O–H groups in total. The molecule has 0 atom stereocenters. The average molecular weight is 466 g/mol. The molecule has 0 fully saturated rings. The van der Waals surface area contributed by atoms with Crippen LogP contribution in [0.3, 0.4) is 0 Å². The van der Waals surface area contributed by atoms with E-state index in [0.717, 1.165) is 4.88 Å². The molecule has 1 amide bonds. The third-order valence-corrected chi connectivity index (χ3v) is 6.37. The summed E-state index contributed by atoms with van der Waals surface area (Å²) in [7, 11) is 0. The molecule has 8 heteroatoms. The second-order valence-electron chi connectivity index (χ2n) is 7.75. The number of amides is 1. The second-order valence-corrected chi connectivity index (χ2v) is 8.78. The number of nitrogens with zero attached hydrogens (tertiary/aromatic N) is 2. The zero-order valence-electron chi connectivity index (χ0n) is 18.0. The number of fused-ring (bicyclic) bond motifs is 1. The third-order valence-electron chi connectivity index (χ3n) is 5.49. The number of rotatable bonds is 9. The van der Waals surface area contributed by atoms with Crippen LogP contribution in [-0.4, -0.2) is 15.0 Å². The average Bonchev–Trinajstić information content (AvgIpc) is 3.35. The van der Waals surface area contributed by atoms with E-state index in [0.29, 0.717) is 42.3 Å². The first-order valence-corrected chi connectivity index (χ1v) is 11.7. The van der Waals surface area contributed by atoms with Gasteiger partial charge in [0.25, 0.3) is 5.56 Å². The second kappa shape index (κ2) is 10.4. The predicted octanol–water partition coefficient (Wildman–Crippen LogP) is 3.90. The Morgan fingerprint density at radius 2 is 1.73 bits per heavy atom. The van der Waals surface area contributed by atoms with Crippen LogP contribution in [0.4, 0.5) is 4.39 Å². The fourth-order valence-electron chi connectivity index (χ4n) is 3.76. The van der Waals surface area contributed by atoms with E-state index in [4.69, 9.17) is 0 Å². The van der Waals surface area contributed by atoms with Crippen molar-refractivity contribution >= 4 is 28.1 Å². The Morgan fingerprint density at radius 1 is 0.939 bits per heavy atom. The molecule has 0 radical (unpaired) electrons. The normalized spacial score (nSPS) is 11.1. The van der Waals surface area contributed by atoms with Gasteiger partial charge in [-0.2, -0.15) is 0 Å². The van der Waals surface area contributed by atoms with Crippen molar-refractivity contribution in [3.63, 3.8) is 0 Å². The largest absolute Gasteiger partial charge is 0.351 e. The minimum Gasteiger partial charge on any atom is -0.351 e. The number of thiophene rings is 1. The molecule has 4 aromatic rings. The van der Waals surface area contributed by atoms with Crippen LogP contribution in [-0.2, 0) is 24.4 Å². The van der Waals surface area contributed by atoms with Gasteiger partial charge in [-0.1, -0.05) is 36.4 Å². The lowest BCUT2D eigenvalue weighted by Gasteiger charge is -2.14. The number of benzene rings is 2. The molecule has 6 nitrogen and oxygen atoms in total. The number of hydrogen-bond donors (Lipinski definition) is 1. The van der Waals surface area contributed by atoms with Gasteiger partial charge in [-0.3, -0.25) is 18.7 Å². The van der Waals surface area contributed by atoms with Gasteiger partial charge < -0.3 is 5.32 Å². The first-order chi connectivity index (χ1) is 16.0. The van der Waals surface area contributed by atoms with Crippen molar-refractivity contribution in [2.24, 2.45) is 0 Å². The number of carbonyl (C=O) groups excluding carboxylic acids is 1. The molecule has 4 rings (SSSR count). The quantitative estimate of drug-likeness (QED) is 0.381. The number of hydrogen-bond acceptors (Lipinski definition) is 4. The molecule has 0 aliphatic rings. The van der Waals surface area contributed by atoms with Gasteiger partial charge in [-0.15, -0.1) is 11.3 Å². The molecule has 2 heterocycles. The Balaban J connectivity index is 1.49. The molecular formula is C25H24FN3O3S. The maximum Gasteiger partial charge on any atom is 0.331 e. The lowest BCUT2D eigenvalue weighted by molar-refractivity contribution is -0.121. The zero-order chi connectivity index (χ0) is 23.2. The van der Waals surface area contributed by atoms with Crippen LogP contribution in [0.1, 0.15) is 29.7 Å². The third kappa shape index (κ3) is 5.28. The summed E-state index contributed by atoms with van der Waals surface area (Å²) in [6.45, 7) is 0.719. The van der Waals surface area contributed by atoms with E-state index >= 15 is 0 Å². The maximum absolute atomic E-state index is 14.2. The summed E-state index contributed by atoms with van der Waals surface area (Å²) in [6.07, 6.45) is 1.36. The monoisotopic (exact) mass is 465 g/mol. The van der Waals surface area contributed by atoms with E-state index < -0.39 is 11.5 Å². The molecule has 0 saturated heterocycles. The summed E-state index contributed by atoms with van der Waals surface area (Å²) in [6, 6.07) is 17.0. The lowest BCUT2D eigenvalue weighted by atomic mass is 10.2. The van der Waals surface area contributed by atoms with Crippen LogP contribution in [0, 0.1) is 5.82 Å². The van der Waals surface area contributed by atoms with E-state index in [-0.39, 0.29) is 24.6 Å². The van der Waals surface area contributed by atoms with Crippen LogP contribution in [0.25, 0.3) is 10.9 Å². The number of nitrogens with one attached hydrogen (secondary N) is 1. The molecule has 0 unspecified atom stereocenters. The van der Waals surface area contributed by atoms with Crippen LogP contribution >= 0.6 is 11.3 Å². The molecule has 0 saturated carbocycles. The van der Waals surface area contributed by atoms with Gasteiger partial charge in [-0.25, -0.2) is 9.18 Å². The van der Waals surface area contributed by atoms with Crippen molar-refractivity contribution in [3.8, 4) is 0 Å². The summed E-state index contributed by atoms with van der Waals surface area (Å²) in [5.74, 6) is -0.467. The summed E-state index contributed by atoms with van der Waals surface area (Å²) in [4.78, 5) is 39.3. The van der Waals surface area contributed by atoms with Crippen molar-refractivity contribution in [3.05, 3.63) is 103 Å². The van der Waals surface area contributed by atoms with Crippen molar-refractivity contribution in [1.29, 1.82) is 0 Å². The Bertz CT molecular complexity index is 1380. The fraction of sp³-hybridized carbons (Fsp3) is 0.240. The van der Waals surface area contributed by atoms with E-state index in [1.165, 1.54) is 15.2 Å². The molecule has 0 spiro atoms. The Morgan fingerprint density at radius 3 is 2.52 bits per heavy atom. The highest BCUT2D eigenvalue weighted by molar-refractivity contribution is 7.09. The molecular weight excluding hydrogens is 441 g/mol. The van der Waals surface area contributed by atoms with E-state index in [1.54, 1.807) is 53.8 Å². The highest BCUT2D eigenvalue weighted by Gasteiger charge is 2.14. The Hall–Kier alpha value is -3.52. The molecule has 2 aromatic heterocycles. The van der Waals surface area contributed by atoms with Crippen LogP contribution in [0.2, 0.25) is 0 Å². The van der Waals surface area contributed by atoms with Gasteiger partial charge in [0, 0.05) is 23.4 Å². The van der Waals surface area contributed by atoms with Gasteiger partial charge in [-0.05, 0) is 42.5 Å². The van der Waals surface area contributed by atoms with E-state index in [2.05, 4.69) is 5.32 Å². The van der Waals surface area contributed by atoms with Gasteiger partial charge in [0.15, 0.2) is 0 Å². The number of aromatic nitrogens is 2. The summed E-state index contributed by atoms with van der Waals surface area (Å²) in [5, 5.41) is 5.24. The molecule has 170 valence electrons. The van der Waals surface area contributed by atoms with E-state index in [1.807, 2.05) is 17.5 Å². The fourth-order valence-corrected chi connectivity index (χ4v) is 4.41. The van der Waals surface area contributed by atoms with Gasteiger partial charge in [0.05, 0.1) is 24.0 Å². The van der Waals surface area contributed by atoms with Crippen LogP contribution in [0.15, 0.2) is 75.6 Å². The highest BCUT2D eigenvalue weighted by Crippen LogP contribution is 2.13.